The lowest BCUT2D eigenvalue weighted by atomic mass is 9.97. The normalized spacial score (nSPS) is 13.2. The van der Waals surface area contributed by atoms with E-state index in [1.807, 2.05) is 47.4 Å². The van der Waals surface area contributed by atoms with Gasteiger partial charge in [0.15, 0.2) is 0 Å². The lowest BCUT2D eigenvalue weighted by Gasteiger charge is -2.29. The van der Waals surface area contributed by atoms with Crippen LogP contribution in [-0.2, 0) is 13.0 Å². The number of aromatic nitrogens is 2. The van der Waals surface area contributed by atoms with Gasteiger partial charge in [-0.1, -0.05) is 42.5 Å². The van der Waals surface area contributed by atoms with Crippen molar-refractivity contribution in [1.29, 1.82) is 0 Å². The number of aromatic amines is 1. The molecule has 0 atom stereocenters. The minimum Gasteiger partial charge on any atom is -0.334 e. The smallest absolute Gasteiger partial charge is 0.254 e. The van der Waals surface area contributed by atoms with Crippen LogP contribution in [0.5, 0.6) is 0 Å². The molecule has 1 N–H and O–H groups in total. The first-order valence-corrected chi connectivity index (χ1v) is 9.96. The van der Waals surface area contributed by atoms with Gasteiger partial charge in [0, 0.05) is 24.2 Å². The van der Waals surface area contributed by atoms with E-state index < -0.39 is 0 Å². The molecule has 1 amide bonds. The molecule has 0 aliphatic carbocycles. The fourth-order valence-electron chi connectivity index (χ4n) is 3.97. The Balaban J connectivity index is 1.45. The second-order valence-electron chi connectivity index (χ2n) is 7.46. The van der Waals surface area contributed by atoms with Gasteiger partial charge >= 0.3 is 0 Å². The molecule has 0 fully saturated rings. The Morgan fingerprint density at radius 2 is 1.67 bits per heavy atom. The number of halogens is 1. The van der Waals surface area contributed by atoms with Crippen molar-refractivity contribution in [3.63, 3.8) is 0 Å². The van der Waals surface area contributed by atoms with E-state index in [2.05, 4.69) is 22.3 Å². The van der Waals surface area contributed by atoms with Crippen LogP contribution in [0.2, 0.25) is 0 Å². The zero-order chi connectivity index (χ0) is 20.5. The van der Waals surface area contributed by atoms with Crippen LogP contribution in [0.25, 0.3) is 22.5 Å². The van der Waals surface area contributed by atoms with Crippen LogP contribution in [-0.4, -0.2) is 27.5 Å². The Labute approximate surface area is 174 Å². The Morgan fingerprint density at radius 1 is 0.933 bits per heavy atom. The number of rotatable bonds is 3. The maximum Gasteiger partial charge on any atom is 0.254 e. The monoisotopic (exact) mass is 397 g/mol. The molecule has 0 saturated heterocycles. The average molecular weight is 397 g/mol. The van der Waals surface area contributed by atoms with E-state index in [-0.39, 0.29) is 11.7 Å². The molecular formula is C25H20FN3O. The second-order valence-corrected chi connectivity index (χ2v) is 7.46. The van der Waals surface area contributed by atoms with E-state index >= 15 is 0 Å². The van der Waals surface area contributed by atoms with Gasteiger partial charge in [-0.15, -0.1) is 0 Å². The topological polar surface area (TPSA) is 49.0 Å². The highest BCUT2D eigenvalue weighted by Gasteiger charge is 2.24. The van der Waals surface area contributed by atoms with Crippen molar-refractivity contribution >= 4 is 5.91 Å². The number of H-pyrrole nitrogens is 1. The summed E-state index contributed by atoms with van der Waals surface area (Å²) in [6.45, 7) is 1.32. The predicted molar refractivity (Wildman–Crippen MR) is 114 cm³/mol. The van der Waals surface area contributed by atoms with Crippen molar-refractivity contribution < 1.29 is 9.18 Å². The molecule has 0 unspecified atom stereocenters. The van der Waals surface area contributed by atoms with E-state index in [0.717, 1.165) is 23.2 Å². The molecule has 5 heteroatoms. The molecule has 148 valence electrons. The van der Waals surface area contributed by atoms with E-state index in [4.69, 9.17) is 0 Å². The number of nitrogens with zero attached hydrogens (tertiary/aromatic N) is 2. The Hall–Kier alpha value is -3.73. The van der Waals surface area contributed by atoms with Gasteiger partial charge in [-0.2, -0.15) is 5.10 Å². The first kappa shape index (κ1) is 18.3. The molecule has 4 aromatic rings. The minimum atomic E-state index is -0.280. The fourth-order valence-corrected chi connectivity index (χ4v) is 3.97. The van der Waals surface area contributed by atoms with Gasteiger partial charge in [0.2, 0.25) is 0 Å². The van der Waals surface area contributed by atoms with Crippen molar-refractivity contribution in [3.8, 4) is 22.5 Å². The van der Waals surface area contributed by atoms with Crippen molar-refractivity contribution in [2.24, 2.45) is 0 Å². The number of fused-ring (bicyclic) bond motifs is 1. The molecule has 5 rings (SSSR count). The molecule has 4 nitrogen and oxygen atoms in total. The zero-order valence-electron chi connectivity index (χ0n) is 16.3. The van der Waals surface area contributed by atoms with E-state index in [9.17, 15) is 9.18 Å². The number of carbonyl (C=O) groups excluding carboxylic acids is 1. The maximum atomic E-state index is 13.4. The van der Waals surface area contributed by atoms with E-state index in [1.54, 1.807) is 12.1 Å². The molecule has 1 aromatic heterocycles. The van der Waals surface area contributed by atoms with Crippen LogP contribution in [0, 0.1) is 5.82 Å². The molecule has 30 heavy (non-hydrogen) atoms. The van der Waals surface area contributed by atoms with Crippen LogP contribution in [0.3, 0.4) is 0 Å². The van der Waals surface area contributed by atoms with Crippen LogP contribution in [0.4, 0.5) is 4.39 Å². The molecule has 0 radical (unpaired) electrons. The van der Waals surface area contributed by atoms with Gasteiger partial charge in [0.25, 0.3) is 5.91 Å². The summed E-state index contributed by atoms with van der Waals surface area (Å²) in [6.07, 6.45) is 0.862. The first-order valence-electron chi connectivity index (χ1n) is 9.96. The summed E-state index contributed by atoms with van der Waals surface area (Å²) in [4.78, 5) is 15.3. The van der Waals surface area contributed by atoms with E-state index in [0.29, 0.717) is 24.3 Å². The van der Waals surface area contributed by atoms with Crippen LogP contribution < -0.4 is 0 Å². The number of benzene rings is 3. The second kappa shape index (κ2) is 7.59. The first-order chi connectivity index (χ1) is 14.7. The standard InChI is InChI=1S/C25H20FN3O/c26-20-11-9-18(10-12-20)23-15-24(28-27-23)21-7-3-4-8-22(21)25(30)29-14-13-17-5-1-2-6-19(17)16-29/h1-12,15H,13-14,16H2,(H,27,28). The van der Waals surface area contributed by atoms with Crippen LogP contribution in [0.1, 0.15) is 21.5 Å². The summed E-state index contributed by atoms with van der Waals surface area (Å²) in [6, 6.07) is 24.0. The van der Waals surface area contributed by atoms with Gasteiger partial charge in [0.05, 0.1) is 11.4 Å². The summed E-state index contributed by atoms with van der Waals surface area (Å²) < 4.78 is 13.2. The largest absolute Gasteiger partial charge is 0.334 e. The highest BCUT2D eigenvalue weighted by molar-refractivity contribution is 6.00. The number of hydrogen-bond acceptors (Lipinski definition) is 2. The lowest BCUT2D eigenvalue weighted by Crippen LogP contribution is -2.36. The van der Waals surface area contributed by atoms with Crippen LogP contribution in [0.15, 0.2) is 78.9 Å². The number of hydrogen-bond donors (Lipinski definition) is 1. The SMILES string of the molecule is O=C(c1ccccc1-c1cc(-c2ccc(F)cc2)[nH]n1)N1CCc2ccccc2C1. The quantitative estimate of drug-likeness (QED) is 0.524. The summed E-state index contributed by atoms with van der Waals surface area (Å²) in [5, 5.41) is 7.42. The van der Waals surface area contributed by atoms with Gasteiger partial charge < -0.3 is 4.90 Å². The molecular weight excluding hydrogens is 377 g/mol. The lowest BCUT2D eigenvalue weighted by molar-refractivity contribution is 0.0735. The Kier molecular flexibility index (Phi) is 4.64. The van der Waals surface area contributed by atoms with Gasteiger partial charge in [0.1, 0.15) is 5.82 Å². The van der Waals surface area contributed by atoms with Gasteiger partial charge in [-0.05, 0) is 59.5 Å². The van der Waals surface area contributed by atoms with Gasteiger partial charge in [-0.3, -0.25) is 9.89 Å². The molecule has 3 aromatic carbocycles. The average Bonchev–Trinajstić information content (AvgIpc) is 3.29. The minimum absolute atomic E-state index is 0.00596. The summed E-state index contributed by atoms with van der Waals surface area (Å²) in [5.41, 5.74) is 6.24. The highest BCUT2D eigenvalue weighted by Crippen LogP contribution is 2.28. The molecule has 1 aliphatic rings. The molecule has 2 heterocycles. The van der Waals surface area contributed by atoms with Crippen molar-refractivity contribution in [3.05, 3.63) is 101 Å². The third kappa shape index (κ3) is 3.39. The van der Waals surface area contributed by atoms with E-state index in [1.165, 1.54) is 23.3 Å². The molecule has 1 aliphatic heterocycles. The van der Waals surface area contributed by atoms with Crippen molar-refractivity contribution in [1.82, 2.24) is 15.1 Å². The molecule has 0 bridgehead atoms. The number of carbonyl (C=O) groups is 1. The van der Waals surface area contributed by atoms with Gasteiger partial charge in [-0.25, -0.2) is 4.39 Å². The zero-order valence-corrected chi connectivity index (χ0v) is 16.3. The summed E-state index contributed by atoms with van der Waals surface area (Å²) in [5.74, 6) is -0.274. The Bertz CT molecular complexity index is 1210. The summed E-state index contributed by atoms with van der Waals surface area (Å²) >= 11 is 0. The van der Waals surface area contributed by atoms with Crippen molar-refractivity contribution in [2.75, 3.05) is 6.54 Å². The molecule has 0 saturated carbocycles. The molecule has 0 spiro atoms. The third-order valence-electron chi connectivity index (χ3n) is 5.58. The third-order valence-corrected chi connectivity index (χ3v) is 5.58. The summed E-state index contributed by atoms with van der Waals surface area (Å²) in [7, 11) is 0. The number of nitrogens with one attached hydrogen (secondary N) is 1. The maximum absolute atomic E-state index is 13.4. The van der Waals surface area contributed by atoms with Crippen LogP contribution >= 0.6 is 0 Å². The highest BCUT2D eigenvalue weighted by atomic mass is 19.1. The Morgan fingerprint density at radius 3 is 2.50 bits per heavy atom. The number of amides is 1. The predicted octanol–water partition coefficient (Wildman–Crippen LogP) is 5.08. The van der Waals surface area contributed by atoms with Crippen molar-refractivity contribution in [2.45, 2.75) is 13.0 Å². The fraction of sp³-hybridized carbons (Fsp3) is 0.120.